The summed E-state index contributed by atoms with van der Waals surface area (Å²) in [5, 5.41) is 3.95. The van der Waals surface area contributed by atoms with Crippen molar-refractivity contribution in [3.8, 4) is 11.5 Å². The van der Waals surface area contributed by atoms with Gasteiger partial charge in [-0.1, -0.05) is 11.6 Å². The van der Waals surface area contributed by atoms with Crippen LogP contribution in [0, 0.1) is 0 Å². The number of benzene rings is 1. The van der Waals surface area contributed by atoms with Gasteiger partial charge >= 0.3 is 0 Å². The van der Waals surface area contributed by atoms with Crippen LogP contribution in [-0.2, 0) is 13.1 Å². The summed E-state index contributed by atoms with van der Waals surface area (Å²) in [5.74, 6) is 1.35. The van der Waals surface area contributed by atoms with Gasteiger partial charge in [0.25, 0.3) is 0 Å². The maximum Gasteiger partial charge on any atom is 0.231 e. The molecule has 0 amide bonds. The molecule has 1 aromatic carbocycles. The van der Waals surface area contributed by atoms with Gasteiger partial charge < -0.3 is 14.8 Å². The molecule has 1 aromatic heterocycles. The van der Waals surface area contributed by atoms with Gasteiger partial charge in [0.2, 0.25) is 6.79 Å². The number of aromatic nitrogens is 1. The van der Waals surface area contributed by atoms with Crippen LogP contribution >= 0.6 is 11.6 Å². The fourth-order valence-electron chi connectivity index (χ4n) is 1.97. The van der Waals surface area contributed by atoms with Crippen molar-refractivity contribution in [2.45, 2.75) is 13.1 Å². The summed E-state index contributed by atoms with van der Waals surface area (Å²) in [6.07, 6.45) is 3.57. The van der Waals surface area contributed by atoms with E-state index in [1.807, 2.05) is 24.3 Å². The Kier molecular flexibility index (Phi) is 3.53. The third-order valence-electron chi connectivity index (χ3n) is 2.89. The largest absolute Gasteiger partial charge is 0.454 e. The Hall–Kier alpha value is -1.78. The molecule has 0 atom stereocenters. The van der Waals surface area contributed by atoms with Crippen molar-refractivity contribution >= 4 is 11.6 Å². The minimum atomic E-state index is 0.239. The van der Waals surface area contributed by atoms with Crippen LogP contribution < -0.4 is 14.8 Å². The Morgan fingerprint density at radius 3 is 2.74 bits per heavy atom. The van der Waals surface area contributed by atoms with Crippen molar-refractivity contribution in [3.63, 3.8) is 0 Å². The Balaban J connectivity index is 1.63. The van der Waals surface area contributed by atoms with Gasteiger partial charge in [-0.05, 0) is 35.4 Å². The number of nitrogens with zero attached hydrogens (tertiary/aromatic N) is 1. The first-order valence-corrected chi connectivity index (χ1v) is 6.38. The monoisotopic (exact) mass is 276 g/mol. The Bertz CT molecular complexity index is 575. The molecule has 19 heavy (non-hydrogen) atoms. The van der Waals surface area contributed by atoms with Gasteiger partial charge in [-0.2, -0.15) is 0 Å². The second-order valence-electron chi connectivity index (χ2n) is 4.27. The molecule has 1 aliphatic heterocycles. The predicted octanol–water partition coefficient (Wildman–Crippen LogP) is 2.75. The first-order valence-electron chi connectivity index (χ1n) is 6.00. The molecule has 0 spiro atoms. The van der Waals surface area contributed by atoms with Crippen LogP contribution in [0.2, 0.25) is 5.02 Å². The molecule has 0 fully saturated rings. The van der Waals surface area contributed by atoms with Crippen LogP contribution in [0.25, 0.3) is 0 Å². The van der Waals surface area contributed by atoms with Crippen molar-refractivity contribution in [1.82, 2.24) is 10.3 Å². The first kappa shape index (κ1) is 12.3. The fraction of sp³-hybridized carbons (Fsp3) is 0.214. The van der Waals surface area contributed by atoms with Crippen LogP contribution in [0.5, 0.6) is 11.5 Å². The van der Waals surface area contributed by atoms with Crippen molar-refractivity contribution in [2.24, 2.45) is 0 Å². The molecule has 0 bridgehead atoms. The minimum Gasteiger partial charge on any atom is -0.454 e. The van der Waals surface area contributed by atoms with Crippen molar-refractivity contribution < 1.29 is 9.47 Å². The number of pyridine rings is 1. The van der Waals surface area contributed by atoms with Gasteiger partial charge in [0.1, 0.15) is 0 Å². The Labute approximate surface area is 116 Å². The van der Waals surface area contributed by atoms with Gasteiger partial charge in [0, 0.05) is 25.5 Å². The molecule has 2 aromatic rings. The zero-order valence-corrected chi connectivity index (χ0v) is 11.0. The summed E-state index contributed by atoms with van der Waals surface area (Å²) in [6, 6.07) is 7.82. The molecule has 98 valence electrons. The van der Waals surface area contributed by atoms with E-state index in [0.29, 0.717) is 16.5 Å². The van der Waals surface area contributed by atoms with Crippen LogP contribution in [0.15, 0.2) is 36.7 Å². The van der Waals surface area contributed by atoms with Gasteiger partial charge in [0.05, 0.1) is 5.02 Å². The standard InChI is InChI=1S/C14H13ClN2O2/c15-12-5-11(6-13-14(12)19-9-18-13)8-17-7-10-1-3-16-4-2-10/h1-6,17H,7-9H2. The van der Waals surface area contributed by atoms with Crippen molar-refractivity contribution in [2.75, 3.05) is 6.79 Å². The van der Waals surface area contributed by atoms with Gasteiger partial charge in [-0.15, -0.1) is 0 Å². The lowest BCUT2D eigenvalue weighted by Crippen LogP contribution is -2.12. The van der Waals surface area contributed by atoms with Crippen molar-refractivity contribution in [1.29, 1.82) is 0 Å². The second-order valence-corrected chi connectivity index (χ2v) is 4.68. The molecule has 0 saturated heterocycles. The topological polar surface area (TPSA) is 43.4 Å². The number of halogens is 1. The highest BCUT2D eigenvalue weighted by Gasteiger charge is 2.17. The average molecular weight is 277 g/mol. The highest BCUT2D eigenvalue weighted by atomic mass is 35.5. The third kappa shape index (κ3) is 2.80. The van der Waals surface area contributed by atoms with E-state index in [4.69, 9.17) is 21.1 Å². The fourth-order valence-corrected chi connectivity index (χ4v) is 2.26. The number of fused-ring (bicyclic) bond motifs is 1. The molecular weight excluding hydrogens is 264 g/mol. The number of hydrogen-bond acceptors (Lipinski definition) is 4. The number of rotatable bonds is 4. The van der Waals surface area contributed by atoms with Crippen LogP contribution in [0.1, 0.15) is 11.1 Å². The molecule has 0 radical (unpaired) electrons. The zero-order valence-electron chi connectivity index (χ0n) is 10.2. The van der Waals surface area contributed by atoms with E-state index >= 15 is 0 Å². The minimum absolute atomic E-state index is 0.239. The van der Waals surface area contributed by atoms with E-state index < -0.39 is 0 Å². The van der Waals surface area contributed by atoms with Crippen LogP contribution in [-0.4, -0.2) is 11.8 Å². The van der Waals surface area contributed by atoms with Crippen LogP contribution in [0.3, 0.4) is 0 Å². The molecule has 2 heterocycles. The predicted molar refractivity (Wildman–Crippen MR) is 72.4 cm³/mol. The number of nitrogens with one attached hydrogen (secondary N) is 1. The van der Waals surface area contributed by atoms with Gasteiger partial charge in [-0.25, -0.2) is 0 Å². The summed E-state index contributed by atoms with van der Waals surface area (Å²) >= 11 is 6.13. The second kappa shape index (κ2) is 5.47. The summed E-state index contributed by atoms with van der Waals surface area (Å²) in [5.41, 5.74) is 2.27. The molecule has 0 aliphatic carbocycles. The van der Waals surface area contributed by atoms with Crippen molar-refractivity contribution in [3.05, 3.63) is 52.8 Å². The number of ether oxygens (including phenoxy) is 2. The zero-order chi connectivity index (χ0) is 13.1. The molecule has 5 heteroatoms. The first-order chi connectivity index (χ1) is 9.33. The highest BCUT2D eigenvalue weighted by Crippen LogP contribution is 2.39. The summed E-state index contributed by atoms with van der Waals surface area (Å²) in [4.78, 5) is 3.99. The van der Waals surface area contributed by atoms with E-state index in [2.05, 4.69) is 10.3 Å². The quantitative estimate of drug-likeness (QED) is 0.932. The molecular formula is C14H13ClN2O2. The Morgan fingerprint density at radius 2 is 1.89 bits per heavy atom. The maximum absolute atomic E-state index is 6.13. The number of hydrogen-bond donors (Lipinski definition) is 1. The van der Waals surface area contributed by atoms with E-state index in [1.165, 1.54) is 5.56 Å². The van der Waals surface area contributed by atoms with E-state index in [1.54, 1.807) is 12.4 Å². The molecule has 4 nitrogen and oxygen atoms in total. The molecule has 0 unspecified atom stereocenters. The summed E-state index contributed by atoms with van der Waals surface area (Å²) < 4.78 is 10.6. The normalized spacial score (nSPS) is 12.7. The van der Waals surface area contributed by atoms with Gasteiger partial charge in [0.15, 0.2) is 11.5 Å². The van der Waals surface area contributed by atoms with E-state index in [9.17, 15) is 0 Å². The third-order valence-corrected chi connectivity index (χ3v) is 3.18. The van der Waals surface area contributed by atoms with E-state index in [-0.39, 0.29) is 6.79 Å². The lowest BCUT2D eigenvalue weighted by Gasteiger charge is -2.07. The molecule has 1 N–H and O–H groups in total. The Morgan fingerprint density at radius 1 is 1.11 bits per heavy atom. The summed E-state index contributed by atoms with van der Waals surface area (Å²) in [6.45, 7) is 1.75. The highest BCUT2D eigenvalue weighted by molar-refractivity contribution is 6.32. The maximum atomic E-state index is 6.13. The smallest absolute Gasteiger partial charge is 0.231 e. The summed E-state index contributed by atoms with van der Waals surface area (Å²) in [7, 11) is 0. The lowest BCUT2D eigenvalue weighted by molar-refractivity contribution is 0.174. The molecule has 0 saturated carbocycles. The van der Waals surface area contributed by atoms with Crippen LogP contribution in [0.4, 0.5) is 0 Å². The average Bonchev–Trinajstić information content (AvgIpc) is 2.89. The SMILES string of the molecule is Clc1cc(CNCc2ccncc2)cc2c1OCO2. The molecule has 1 aliphatic rings. The molecule has 3 rings (SSSR count). The lowest BCUT2D eigenvalue weighted by atomic mass is 10.2. The van der Waals surface area contributed by atoms with Gasteiger partial charge in [-0.3, -0.25) is 4.98 Å². The van der Waals surface area contributed by atoms with E-state index in [0.717, 1.165) is 18.7 Å².